The maximum absolute atomic E-state index is 5.96. The summed E-state index contributed by atoms with van der Waals surface area (Å²) in [6.45, 7) is 3.75. The number of hydrogen-bond donors (Lipinski definition) is 0. The van der Waals surface area contributed by atoms with E-state index in [1.807, 2.05) is 18.2 Å². The summed E-state index contributed by atoms with van der Waals surface area (Å²) in [5.41, 5.74) is 2.19. The summed E-state index contributed by atoms with van der Waals surface area (Å²) in [6.07, 6.45) is 5.74. The van der Waals surface area contributed by atoms with Crippen molar-refractivity contribution in [3.05, 3.63) is 64.4 Å². The molecule has 2 aromatic heterocycles. The van der Waals surface area contributed by atoms with Crippen molar-refractivity contribution < 1.29 is 13.1 Å². The molecule has 4 heterocycles. The second kappa shape index (κ2) is 9.95. The number of anilines is 1. The average Bonchev–Trinajstić information content (AvgIpc) is 3.33. The third-order valence-electron chi connectivity index (χ3n) is 5.62. The van der Waals surface area contributed by atoms with E-state index in [2.05, 4.69) is 32.4 Å². The average molecular weight is 457 g/mol. The molecule has 0 atom stereocenters. The zero-order valence-electron chi connectivity index (χ0n) is 17.1. The Bertz CT molecular complexity index is 956. The Hall–Kier alpha value is -2.20. The predicted molar refractivity (Wildman–Crippen MR) is 121 cm³/mol. The van der Waals surface area contributed by atoms with Crippen LogP contribution >= 0.6 is 23.7 Å². The molecule has 1 aromatic carbocycles. The van der Waals surface area contributed by atoms with Crippen LogP contribution in [0.15, 0.2) is 48.1 Å². The zero-order valence-corrected chi connectivity index (χ0v) is 18.7. The van der Waals surface area contributed by atoms with Crippen LogP contribution in [-0.2, 0) is 15.0 Å². The molecule has 7 nitrogen and oxygen atoms in total. The Kier molecular flexibility index (Phi) is 6.64. The summed E-state index contributed by atoms with van der Waals surface area (Å²) in [5, 5.41) is 3.32. The Balaban J connectivity index is 1.12. The van der Waals surface area contributed by atoms with Gasteiger partial charge in [-0.1, -0.05) is 12.1 Å². The van der Waals surface area contributed by atoms with Crippen molar-refractivity contribution in [3.63, 3.8) is 0 Å². The number of piperidine rings is 1. The summed E-state index contributed by atoms with van der Waals surface area (Å²) in [4.78, 5) is 15.8. The fourth-order valence-electron chi connectivity index (χ4n) is 3.85. The van der Waals surface area contributed by atoms with Crippen LogP contribution in [0.2, 0.25) is 0 Å². The second-order valence-electron chi connectivity index (χ2n) is 7.68. The standard InChI is InChI=1S/C22H24N4O3S2/c1-8-23-22(24-9-1)26-10-6-17(7-11-26)21-25-19(15-30-21)14-27-20-4-2-16(3-5-20)18-12-28-31-29-13-18/h1-5,8-9,15,17-18H,6-7,10-14H2. The first-order valence-electron chi connectivity index (χ1n) is 10.5. The number of nitrogens with zero attached hydrogens (tertiary/aromatic N) is 4. The summed E-state index contributed by atoms with van der Waals surface area (Å²) < 4.78 is 16.6. The molecule has 0 bridgehead atoms. The van der Waals surface area contributed by atoms with Gasteiger partial charge in [0.25, 0.3) is 0 Å². The molecular weight excluding hydrogens is 432 g/mol. The van der Waals surface area contributed by atoms with Gasteiger partial charge in [-0.3, -0.25) is 8.37 Å². The number of thiazole rings is 1. The van der Waals surface area contributed by atoms with Crippen molar-refractivity contribution in [1.82, 2.24) is 15.0 Å². The van der Waals surface area contributed by atoms with E-state index in [0.717, 1.165) is 55.6 Å². The summed E-state index contributed by atoms with van der Waals surface area (Å²) in [5.74, 6) is 2.44. The van der Waals surface area contributed by atoms with E-state index < -0.39 is 0 Å². The molecule has 2 aliphatic rings. The first-order chi connectivity index (χ1) is 15.3. The van der Waals surface area contributed by atoms with E-state index >= 15 is 0 Å². The number of benzene rings is 1. The first kappa shape index (κ1) is 20.7. The highest BCUT2D eigenvalue weighted by Crippen LogP contribution is 2.32. The van der Waals surface area contributed by atoms with Crippen LogP contribution in [0, 0.1) is 0 Å². The summed E-state index contributed by atoms with van der Waals surface area (Å²) >= 11 is 2.81. The lowest BCUT2D eigenvalue weighted by Gasteiger charge is -2.30. The fourth-order valence-corrected chi connectivity index (χ4v) is 5.33. The number of aromatic nitrogens is 3. The second-order valence-corrected chi connectivity index (χ2v) is 9.18. The van der Waals surface area contributed by atoms with Gasteiger partial charge in [-0.05, 0) is 36.6 Å². The predicted octanol–water partition coefficient (Wildman–Crippen LogP) is 4.59. The van der Waals surface area contributed by atoms with Crippen LogP contribution < -0.4 is 9.64 Å². The molecule has 2 fully saturated rings. The van der Waals surface area contributed by atoms with Crippen LogP contribution in [0.4, 0.5) is 5.95 Å². The van der Waals surface area contributed by atoms with Crippen LogP contribution in [0.5, 0.6) is 5.75 Å². The SMILES string of the molecule is c1cnc(N2CCC(c3nc(COc4ccc(C5COSOC5)cc4)cs3)CC2)nc1. The molecule has 0 aliphatic carbocycles. The highest BCUT2D eigenvalue weighted by Gasteiger charge is 2.24. The lowest BCUT2D eigenvalue weighted by molar-refractivity contribution is 0.187. The van der Waals surface area contributed by atoms with Gasteiger partial charge in [0.05, 0.1) is 23.9 Å². The van der Waals surface area contributed by atoms with E-state index in [1.54, 1.807) is 23.7 Å². The van der Waals surface area contributed by atoms with Gasteiger partial charge in [0.15, 0.2) is 12.3 Å². The Morgan fingerprint density at radius 2 is 1.74 bits per heavy atom. The summed E-state index contributed by atoms with van der Waals surface area (Å²) in [6, 6.07) is 10.0. The number of rotatable bonds is 6. The monoisotopic (exact) mass is 456 g/mol. The smallest absolute Gasteiger partial charge is 0.225 e. The quantitative estimate of drug-likeness (QED) is 0.499. The van der Waals surface area contributed by atoms with Crippen molar-refractivity contribution >= 4 is 29.6 Å². The third kappa shape index (κ3) is 5.17. The van der Waals surface area contributed by atoms with Crippen LogP contribution in [-0.4, -0.2) is 41.3 Å². The molecule has 31 heavy (non-hydrogen) atoms. The highest BCUT2D eigenvalue weighted by atomic mass is 32.2. The zero-order chi connectivity index (χ0) is 20.9. The van der Waals surface area contributed by atoms with Gasteiger partial charge in [0.1, 0.15) is 12.4 Å². The molecule has 0 saturated carbocycles. The molecular formula is C22H24N4O3S2. The van der Waals surface area contributed by atoms with Crippen LogP contribution in [0.25, 0.3) is 0 Å². The molecule has 0 spiro atoms. The minimum Gasteiger partial charge on any atom is -0.487 e. The Morgan fingerprint density at radius 3 is 2.48 bits per heavy atom. The van der Waals surface area contributed by atoms with Gasteiger partial charge in [-0.2, -0.15) is 0 Å². The van der Waals surface area contributed by atoms with Crippen molar-refractivity contribution in [2.45, 2.75) is 31.3 Å². The van der Waals surface area contributed by atoms with Crippen molar-refractivity contribution in [1.29, 1.82) is 0 Å². The van der Waals surface area contributed by atoms with Crippen LogP contribution in [0.1, 0.15) is 40.9 Å². The fraction of sp³-hybridized carbons (Fsp3) is 0.409. The van der Waals surface area contributed by atoms with E-state index in [1.165, 1.54) is 10.6 Å². The van der Waals surface area contributed by atoms with Gasteiger partial charge in [-0.15, -0.1) is 11.3 Å². The topological polar surface area (TPSA) is 69.6 Å². The molecule has 0 N–H and O–H groups in total. The molecule has 3 aromatic rings. The molecule has 2 aliphatic heterocycles. The highest BCUT2D eigenvalue weighted by molar-refractivity contribution is 7.89. The van der Waals surface area contributed by atoms with E-state index in [4.69, 9.17) is 18.1 Å². The molecule has 0 unspecified atom stereocenters. The van der Waals surface area contributed by atoms with Crippen molar-refractivity contribution in [2.75, 3.05) is 31.2 Å². The van der Waals surface area contributed by atoms with Gasteiger partial charge in [-0.25, -0.2) is 15.0 Å². The Morgan fingerprint density at radius 1 is 1.00 bits per heavy atom. The number of ether oxygens (including phenoxy) is 1. The third-order valence-corrected chi connectivity index (χ3v) is 7.14. The minimum absolute atomic E-state index is 0.274. The largest absolute Gasteiger partial charge is 0.487 e. The molecule has 0 radical (unpaired) electrons. The van der Waals surface area contributed by atoms with Gasteiger partial charge in [0.2, 0.25) is 5.95 Å². The lowest BCUT2D eigenvalue weighted by Crippen LogP contribution is -2.34. The first-order valence-corrected chi connectivity index (χ1v) is 12.0. The molecule has 2 saturated heterocycles. The van der Waals surface area contributed by atoms with E-state index in [9.17, 15) is 0 Å². The molecule has 0 amide bonds. The maximum atomic E-state index is 5.96. The van der Waals surface area contributed by atoms with Gasteiger partial charge < -0.3 is 9.64 Å². The summed E-state index contributed by atoms with van der Waals surface area (Å²) in [7, 11) is 0. The Labute approximate surface area is 190 Å². The van der Waals surface area contributed by atoms with Gasteiger partial charge >= 0.3 is 0 Å². The minimum atomic E-state index is 0.274. The normalized spacial score (nSPS) is 18.3. The molecule has 162 valence electrons. The van der Waals surface area contributed by atoms with E-state index in [0.29, 0.717) is 25.7 Å². The van der Waals surface area contributed by atoms with E-state index in [-0.39, 0.29) is 5.92 Å². The number of hydrogen-bond acceptors (Lipinski definition) is 9. The molecule has 5 rings (SSSR count). The lowest BCUT2D eigenvalue weighted by atomic mass is 9.98. The van der Waals surface area contributed by atoms with Crippen molar-refractivity contribution in [3.8, 4) is 5.75 Å². The van der Waals surface area contributed by atoms with Crippen molar-refractivity contribution in [2.24, 2.45) is 0 Å². The van der Waals surface area contributed by atoms with Gasteiger partial charge in [0, 0.05) is 42.7 Å². The molecule has 9 heteroatoms. The maximum Gasteiger partial charge on any atom is 0.225 e. The van der Waals surface area contributed by atoms with Crippen LogP contribution in [0.3, 0.4) is 0 Å².